The Labute approximate surface area is 169 Å². The number of aliphatic imine (C=N–C) groups is 1. The van der Waals surface area contributed by atoms with Gasteiger partial charge in [-0.05, 0) is 37.7 Å². The molecule has 2 rings (SSSR count). The summed E-state index contributed by atoms with van der Waals surface area (Å²) in [6, 6.07) is 10.6. The second-order valence-corrected chi connectivity index (χ2v) is 6.26. The van der Waals surface area contributed by atoms with E-state index in [9.17, 15) is 0 Å². The van der Waals surface area contributed by atoms with Gasteiger partial charge in [0, 0.05) is 40.0 Å². The number of benzene rings is 1. The van der Waals surface area contributed by atoms with E-state index in [0.29, 0.717) is 5.92 Å². The van der Waals surface area contributed by atoms with Crippen LogP contribution < -0.4 is 10.6 Å². The van der Waals surface area contributed by atoms with E-state index in [0.717, 1.165) is 58.2 Å². The zero-order valence-corrected chi connectivity index (χ0v) is 17.7. The first-order valence-electron chi connectivity index (χ1n) is 8.97. The highest BCUT2D eigenvalue weighted by Gasteiger charge is 2.13. The third-order valence-electron chi connectivity index (χ3n) is 4.33. The van der Waals surface area contributed by atoms with Gasteiger partial charge in [0.15, 0.2) is 5.96 Å². The third kappa shape index (κ3) is 8.87. The monoisotopic (exact) mass is 461 g/mol. The molecule has 1 aliphatic heterocycles. The van der Waals surface area contributed by atoms with Gasteiger partial charge in [0.25, 0.3) is 0 Å². The zero-order valence-electron chi connectivity index (χ0n) is 15.4. The lowest BCUT2D eigenvalue weighted by molar-refractivity contribution is 0.0203. The van der Waals surface area contributed by atoms with Crippen molar-refractivity contribution < 1.29 is 9.47 Å². The Morgan fingerprint density at radius 3 is 2.68 bits per heavy atom. The van der Waals surface area contributed by atoms with Gasteiger partial charge in [-0.25, -0.2) is 0 Å². The Hall–Kier alpha value is -0.860. The minimum atomic E-state index is 0. The number of hydrogen-bond acceptors (Lipinski definition) is 3. The molecule has 1 aromatic carbocycles. The van der Waals surface area contributed by atoms with E-state index < -0.39 is 0 Å². The van der Waals surface area contributed by atoms with Crippen LogP contribution in [0.25, 0.3) is 0 Å². The minimum absolute atomic E-state index is 0. The van der Waals surface area contributed by atoms with E-state index in [4.69, 9.17) is 9.47 Å². The molecule has 6 heteroatoms. The molecule has 0 radical (unpaired) electrons. The molecule has 142 valence electrons. The van der Waals surface area contributed by atoms with Crippen molar-refractivity contribution in [2.45, 2.75) is 32.2 Å². The number of nitrogens with one attached hydrogen (secondary N) is 2. The van der Waals surface area contributed by atoms with Gasteiger partial charge in [-0.15, -0.1) is 24.0 Å². The van der Waals surface area contributed by atoms with Gasteiger partial charge < -0.3 is 20.1 Å². The van der Waals surface area contributed by atoms with E-state index >= 15 is 0 Å². The standard InChI is InChI=1S/C19H31N3O2.HI/c1-16(18-7-4-3-5-8-18)22-19(20-2)21-11-6-12-24-15-17-9-13-23-14-10-17;/h3-5,7-8,16-17H,6,9-15H2,1-2H3,(H2,20,21,22);1H. The molecule has 5 nitrogen and oxygen atoms in total. The summed E-state index contributed by atoms with van der Waals surface area (Å²) in [7, 11) is 1.80. The summed E-state index contributed by atoms with van der Waals surface area (Å²) in [5.41, 5.74) is 1.25. The highest BCUT2D eigenvalue weighted by molar-refractivity contribution is 14.0. The maximum absolute atomic E-state index is 5.78. The van der Waals surface area contributed by atoms with Crippen LogP contribution in [-0.4, -0.2) is 46.0 Å². The molecule has 25 heavy (non-hydrogen) atoms. The smallest absolute Gasteiger partial charge is 0.191 e. The lowest BCUT2D eigenvalue weighted by Crippen LogP contribution is -2.39. The molecule has 1 atom stereocenters. The van der Waals surface area contributed by atoms with Crippen LogP contribution in [-0.2, 0) is 9.47 Å². The SMILES string of the molecule is CN=C(NCCCOCC1CCOCC1)NC(C)c1ccccc1.I. The van der Waals surface area contributed by atoms with E-state index in [1.165, 1.54) is 5.56 Å². The first-order chi connectivity index (χ1) is 11.8. The van der Waals surface area contributed by atoms with Gasteiger partial charge in [-0.1, -0.05) is 30.3 Å². The van der Waals surface area contributed by atoms with E-state index in [2.05, 4.69) is 46.8 Å². The number of hydrogen-bond donors (Lipinski definition) is 2. The molecule has 1 aliphatic rings. The van der Waals surface area contributed by atoms with Crippen LogP contribution in [0.2, 0.25) is 0 Å². The van der Waals surface area contributed by atoms with Crippen LogP contribution in [0.1, 0.15) is 37.8 Å². The van der Waals surface area contributed by atoms with Gasteiger partial charge in [-0.2, -0.15) is 0 Å². The summed E-state index contributed by atoms with van der Waals surface area (Å²) < 4.78 is 11.1. The summed E-state index contributed by atoms with van der Waals surface area (Å²) in [5, 5.41) is 6.76. The quantitative estimate of drug-likeness (QED) is 0.270. The van der Waals surface area contributed by atoms with E-state index in [-0.39, 0.29) is 30.0 Å². The first kappa shape index (κ1) is 22.2. The van der Waals surface area contributed by atoms with Gasteiger partial charge in [-0.3, -0.25) is 4.99 Å². The number of ether oxygens (including phenoxy) is 2. The molecule has 1 saturated heterocycles. The van der Waals surface area contributed by atoms with Crippen molar-refractivity contribution in [3.8, 4) is 0 Å². The largest absolute Gasteiger partial charge is 0.381 e. The fourth-order valence-electron chi connectivity index (χ4n) is 2.77. The third-order valence-corrected chi connectivity index (χ3v) is 4.33. The zero-order chi connectivity index (χ0) is 17.0. The molecule has 1 fully saturated rings. The van der Waals surface area contributed by atoms with Crippen LogP contribution in [0.5, 0.6) is 0 Å². The molecule has 1 heterocycles. The molecule has 0 spiro atoms. The van der Waals surface area contributed by atoms with Crippen molar-refractivity contribution in [2.24, 2.45) is 10.9 Å². The summed E-state index contributed by atoms with van der Waals surface area (Å²) in [6.45, 7) is 6.42. The maximum Gasteiger partial charge on any atom is 0.191 e. The highest BCUT2D eigenvalue weighted by Crippen LogP contribution is 2.14. The van der Waals surface area contributed by atoms with Crippen LogP contribution in [0.3, 0.4) is 0 Å². The Morgan fingerprint density at radius 1 is 1.28 bits per heavy atom. The molecule has 1 unspecified atom stereocenters. The minimum Gasteiger partial charge on any atom is -0.381 e. The Bertz CT molecular complexity index is 479. The molecule has 0 aliphatic carbocycles. The number of rotatable bonds is 8. The van der Waals surface area contributed by atoms with Gasteiger partial charge in [0.1, 0.15) is 0 Å². The molecule has 1 aromatic rings. The lowest BCUT2D eigenvalue weighted by Gasteiger charge is -2.22. The molecule has 0 amide bonds. The van der Waals surface area contributed by atoms with E-state index in [1.54, 1.807) is 7.05 Å². The predicted octanol–water partition coefficient (Wildman–Crippen LogP) is 3.36. The average Bonchev–Trinajstić information content (AvgIpc) is 2.65. The Balaban J connectivity index is 0.00000312. The second-order valence-electron chi connectivity index (χ2n) is 6.26. The summed E-state index contributed by atoms with van der Waals surface area (Å²) in [4.78, 5) is 4.28. The molecule has 0 bridgehead atoms. The van der Waals surface area contributed by atoms with Crippen LogP contribution in [0, 0.1) is 5.92 Å². The van der Waals surface area contributed by atoms with Crippen molar-refractivity contribution in [3.63, 3.8) is 0 Å². The predicted molar refractivity (Wildman–Crippen MR) is 114 cm³/mol. The summed E-state index contributed by atoms with van der Waals surface area (Å²) in [6.07, 6.45) is 3.24. The lowest BCUT2D eigenvalue weighted by atomic mass is 10.0. The van der Waals surface area contributed by atoms with Crippen LogP contribution >= 0.6 is 24.0 Å². The molecular formula is C19H32IN3O2. The average molecular weight is 461 g/mol. The van der Waals surface area contributed by atoms with Crippen molar-refractivity contribution >= 4 is 29.9 Å². The number of nitrogens with zero attached hydrogens (tertiary/aromatic N) is 1. The molecule has 2 N–H and O–H groups in total. The fraction of sp³-hybridized carbons (Fsp3) is 0.632. The van der Waals surface area contributed by atoms with Gasteiger partial charge >= 0.3 is 0 Å². The van der Waals surface area contributed by atoms with Crippen molar-refractivity contribution in [1.29, 1.82) is 0 Å². The molecule has 0 saturated carbocycles. The normalized spacial score (nSPS) is 16.8. The molecule has 0 aromatic heterocycles. The first-order valence-corrected chi connectivity index (χ1v) is 8.97. The number of halogens is 1. The van der Waals surface area contributed by atoms with Crippen LogP contribution in [0.4, 0.5) is 0 Å². The summed E-state index contributed by atoms with van der Waals surface area (Å²) in [5.74, 6) is 1.50. The van der Waals surface area contributed by atoms with Gasteiger partial charge in [0.2, 0.25) is 0 Å². The van der Waals surface area contributed by atoms with Crippen molar-refractivity contribution in [2.75, 3.05) is 40.0 Å². The van der Waals surface area contributed by atoms with E-state index in [1.807, 2.05) is 6.07 Å². The maximum atomic E-state index is 5.78. The van der Waals surface area contributed by atoms with Gasteiger partial charge in [0.05, 0.1) is 6.04 Å². The van der Waals surface area contributed by atoms with Crippen molar-refractivity contribution in [1.82, 2.24) is 10.6 Å². The Morgan fingerprint density at radius 2 is 2.00 bits per heavy atom. The van der Waals surface area contributed by atoms with Crippen molar-refractivity contribution in [3.05, 3.63) is 35.9 Å². The van der Waals surface area contributed by atoms with Crippen LogP contribution in [0.15, 0.2) is 35.3 Å². The second kappa shape index (κ2) is 13.4. The fourth-order valence-corrected chi connectivity index (χ4v) is 2.77. The summed E-state index contributed by atoms with van der Waals surface area (Å²) >= 11 is 0. The highest BCUT2D eigenvalue weighted by atomic mass is 127. The Kier molecular flexibility index (Phi) is 11.9. The molecular weight excluding hydrogens is 429 g/mol. The number of guanidine groups is 1. The topological polar surface area (TPSA) is 54.9 Å².